The van der Waals surface area contributed by atoms with Gasteiger partial charge in [-0.15, -0.1) is 0 Å². The number of halogens is 2. The lowest BCUT2D eigenvalue weighted by atomic mass is 10.1. The second-order valence-corrected chi connectivity index (χ2v) is 5.83. The van der Waals surface area contributed by atoms with Crippen molar-refractivity contribution in [3.8, 4) is 0 Å². The number of benzene rings is 1. The van der Waals surface area contributed by atoms with E-state index in [0.717, 1.165) is 12.1 Å². The summed E-state index contributed by atoms with van der Waals surface area (Å²) < 4.78 is 40.5. The van der Waals surface area contributed by atoms with Crippen LogP contribution >= 0.6 is 10.7 Å². The van der Waals surface area contributed by atoms with Gasteiger partial charge >= 0.3 is 5.97 Å². The average Bonchev–Trinajstić information content (AvgIpc) is 2.20. The average molecular weight is 281 g/mol. The predicted molar refractivity (Wildman–Crippen MR) is 60.1 cm³/mol. The molecule has 0 bridgehead atoms. The molecule has 94 valence electrons. The van der Waals surface area contributed by atoms with Crippen LogP contribution in [-0.2, 0) is 13.8 Å². The summed E-state index contributed by atoms with van der Waals surface area (Å²) >= 11 is 0. The third-order valence-corrected chi connectivity index (χ3v) is 3.34. The molecule has 17 heavy (non-hydrogen) atoms. The van der Waals surface area contributed by atoms with Crippen LogP contribution in [0.5, 0.6) is 0 Å². The Morgan fingerprint density at radius 3 is 2.53 bits per heavy atom. The van der Waals surface area contributed by atoms with Crippen molar-refractivity contribution in [1.82, 2.24) is 0 Å². The maximum Gasteiger partial charge on any atom is 0.341 e. The van der Waals surface area contributed by atoms with Gasteiger partial charge in [0.05, 0.1) is 17.1 Å². The third kappa shape index (κ3) is 3.17. The highest BCUT2D eigenvalue weighted by molar-refractivity contribution is 8.13. The summed E-state index contributed by atoms with van der Waals surface area (Å²) in [6.45, 7) is 2.96. The molecule has 1 rings (SSSR count). The summed E-state index contributed by atoms with van der Waals surface area (Å²) in [4.78, 5) is 11.1. The van der Waals surface area contributed by atoms with Crippen molar-refractivity contribution in [2.45, 2.75) is 18.7 Å². The fourth-order valence-corrected chi connectivity index (χ4v) is 2.08. The van der Waals surface area contributed by atoms with Crippen LogP contribution in [0.3, 0.4) is 0 Å². The molecular weight excluding hydrogens is 271 g/mol. The molecular formula is C10H10ClFO4S. The van der Waals surface area contributed by atoms with Gasteiger partial charge in [-0.3, -0.25) is 0 Å². The standard InChI is InChI=1S/C10H10ClFO4S/c1-3-16-10(13)8-5-7(17(11,14)15)4-6(2)9(8)12/h4-5H,3H2,1-2H3. The molecule has 1 aromatic carbocycles. The quantitative estimate of drug-likeness (QED) is 0.629. The monoisotopic (exact) mass is 280 g/mol. The first kappa shape index (κ1) is 13.9. The molecule has 4 nitrogen and oxygen atoms in total. The van der Waals surface area contributed by atoms with Gasteiger partial charge in [-0.25, -0.2) is 17.6 Å². The summed E-state index contributed by atoms with van der Waals surface area (Å²) in [5, 5.41) is 0. The molecule has 1 aromatic rings. The Bertz CT molecular complexity index is 554. The van der Waals surface area contributed by atoms with Gasteiger partial charge in [0.1, 0.15) is 5.82 Å². The smallest absolute Gasteiger partial charge is 0.341 e. The molecule has 0 saturated heterocycles. The maximum atomic E-state index is 13.6. The lowest BCUT2D eigenvalue weighted by Gasteiger charge is -2.07. The number of carbonyl (C=O) groups excluding carboxylic acids is 1. The maximum absolute atomic E-state index is 13.6. The van der Waals surface area contributed by atoms with E-state index in [1.54, 1.807) is 6.92 Å². The first-order chi connectivity index (χ1) is 7.77. The Hall–Kier alpha value is -1.14. The molecule has 0 saturated carbocycles. The highest BCUT2D eigenvalue weighted by Gasteiger charge is 2.20. The van der Waals surface area contributed by atoms with Crippen LogP contribution < -0.4 is 0 Å². The van der Waals surface area contributed by atoms with Gasteiger partial charge in [0.15, 0.2) is 0 Å². The number of hydrogen-bond acceptors (Lipinski definition) is 4. The number of aryl methyl sites for hydroxylation is 1. The molecule has 0 unspecified atom stereocenters. The molecule has 0 radical (unpaired) electrons. The zero-order chi connectivity index (χ0) is 13.2. The van der Waals surface area contributed by atoms with E-state index in [0.29, 0.717) is 0 Å². The van der Waals surface area contributed by atoms with E-state index in [1.807, 2.05) is 0 Å². The van der Waals surface area contributed by atoms with Crippen LogP contribution in [0.1, 0.15) is 22.8 Å². The van der Waals surface area contributed by atoms with Crippen molar-refractivity contribution in [2.75, 3.05) is 6.61 Å². The van der Waals surface area contributed by atoms with E-state index in [2.05, 4.69) is 4.74 Å². The molecule has 0 atom stereocenters. The molecule has 0 aliphatic rings. The third-order valence-electron chi connectivity index (χ3n) is 2.00. The second-order valence-electron chi connectivity index (χ2n) is 3.26. The van der Waals surface area contributed by atoms with Crippen molar-refractivity contribution in [3.63, 3.8) is 0 Å². The Morgan fingerprint density at radius 2 is 2.06 bits per heavy atom. The lowest BCUT2D eigenvalue weighted by Crippen LogP contribution is -2.09. The first-order valence-electron chi connectivity index (χ1n) is 4.69. The van der Waals surface area contributed by atoms with Gasteiger partial charge in [0.25, 0.3) is 9.05 Å². The number of esters is 1. The fraction of sp³-hybridized carbons (Fsp3) is 0.300. The number of carbonyl (C=O) groups is 1. The van der Waals surface area contributed by atoms with Gasteiger partial charge in [-0.05, 0) is 31.5 Å². The van der Waals surface area contributed by atoms with Crippen LogP contribution in [0.2, 0.25) is 0 Å². The minimum Gasteiger partial charge on any atom is -0.462 e. The largest absolute Gasteiger partial charge is 0.462 e. The molecule has 0 aliphatic heterocycles. The van der Waals surface area contributed by atoms with Crippen LogP contribution in [0.4, 0.5) is 4.39 Å². The van der Waals surface area contributed by atoms with Crippen LogP contribution in [-0.4, -0.2) is 21.0 Å². The van der Waals surface area contributed by atoms with E-state index in [-0.39, 0.29) is 17.1 Å². The predicted octanol–water partition coefficient (Wildman–Crippen LogP) is 2.24. The lowest BCUT2D eigenvalue weighted by molar-refractivity contribution is 0.0520. The van der Waals surface area contributed by atoms with Crippen LogP contribution in [0.25, 0.3) is 0 Å². The molecule has 0 N–H and O–H groups in total. The molecule has 0 amide bonds. The summed E-state index contributed by atoms with van der Waals surface area (Å²) in [7, 11) is 1.12. The Labute approximate surface area is 103 Å². The minimum atomic E-state index is -4.02. The van der Waals surface area contributed by atoms with Gasteiger partial charge < -0.3 is 4.74 Å². The van der Waals surface area contributed by atoms with Crippen molar-refractivity contribution >= 4 is 25.7 Å². The molecule has 0 aromatic heterocycles. The molecule has 0 fully saturated rings. The minimum absolute atomic E-state index is 0.00905. The van der Waals surface area contributed by atoms with Crippen molar-refractivity contribution in [2.24, 2.45) is 0 Å². The molecule has 0 heterocycles. The van der Waals surface area contributed by atoms with Crippen molar-refractivity contribution < 1.29 is 22.3 Å². The second kappa shape index (κ2) is 5.01. The highest BCUT2D eigenvalue weighted by Crippen LogP contribution is 2.22. The Kier molecular flexibility index (Phi) is 4.11. The van der Waals surface area contributed by atoms with Gasteiger partial charge in [-0.2, -0.15) is 0 Å². The van der Waals surface area contributed by atoms with Gasteiger partial charge in [0, 0.05) is 10.7 Å². The van der Waals surface area contributed by atoms with E-state index in [9.17, 15) is 17.6 Å². The topological polar surface area (TPSA) is 60.4 Å². The number of ether oxygens (including phenoxy) is 1. The number of rotatable bonds is 3. The van der Waals surface area contributed by atoms with E-state index in [1.165, 1.54) is 6.92 Å². The summed E-state index contributed by atoms with van der Waals surface area (Å²) in [5.41, 5.74) is -0.430. The molecule has 7 heteroatoms. The van der Waals surface area contributed by atoms with Gasteiger partial charge in [0.2, 0.25) is 0 Å². The fourth-order valence-electron chi connectivity index (χ4n) is 1.23. The zero-order valence-corrected chi connectivity index (χ0v) is 10.7. The normalized spacial score (nSPS) is 11.3. The van der Waals surface area contributed by atoms with E-state index >= 15 is 0 Å². The summed E-state index contributed by atoms with van der Waals surface area (Å²) in [6.07, 6.45) is 0. The van der Waals surface area contributed by atoms with Crippen molar-refractivity contribution in [3.05, 3.63) is 29.1 Å². The van der Waals surface area contributed by atoms with E-state index < -0.39 is 26.4 Å². The Morgan fingerprint density at radius 1 is 1.47 bits per heavy atom. The highest BCUT2D eigenvalue weighted by atomic mass is 35.7. The van der Waals surface area contributed by atoms with Crippen LogP contribution in [0, 0.1) is 12.7 Å². The van der Waals surface area contributed by atoms with Crippen LogP contribution in [0.15, 0.2) is 17.0 Å². The van der Waals surface area contributed by atoms with Crippen molar-refractivity contribution in [1.29, 1.82) is 0 Å². The summed E-state index contributed by atoms with van der Waals surface area (Å²) in [5.74, 6) is -1.73. The SMILES string of the molecule is CCOC(=O)c1cc(S(=O)(=O)Cl)cc(C)c1F. The molecule has 0 aliphatic carbocycles. The zero-order valence-electron chi connectivity index (χ0n) is 9.16. The van der Waals surface area contributed by atoms with E-state index in [4.69, 9.17) is 10.7 Å². The van der Waals surface area contributed by atoms with Gasteiger partial charge in [-0.1, -0.05) is 0 Å². The summed E-state index contributed by atoms with van der Waals surface area (Å²) in [6, 6.07) is 1.92. The molecule has 0 spiro atoms. The Balaban J connectivity index is 3.40. The first-order valence-corrected chi connectivity index (χ1v) is 7.00. The number of hydrogen-bond donors (Lipinski definition) is 0.